The summed E-state index contributed by atoms with van der Waals surface area (Å²) in [5.74, 6) is 1.91. The largest absolute Gasteiger partial charge is 0.845 e. The van der Waals surface area contributed by atoms with E-state index in [4.69, 9.17) is 14.2 Å². The van der Waals surface area contributed by atoms with Gasteiger partial charge in [0.15, 0.2) is 0 Å². The highest BCUT2D eigenvalue weighted by atomic mass is 16.5. The van der Waals surface area contributed by atoms with Crippen molar-refractivity contribution < 1.29 is 19.3 Å². The van der Waals surface area contributed by atoms with Crippen LogP contribution in [0.15, 0.2) is 66.7 Å². The highest BCUT2D eigenvalue weighted by Crippen LogP contribution is 2.32. The second kappa shape index (κ2) is 8.60. The maximum atomic E-state index is 12.9. The summed E-state index contributed by atoms with van der Waals surface area (Å²) in [6.07, 6.45) is -1.04. The van der Waals surface area contributed by atoms with Crippen molar-refractivity contribution in [3.05, 3.63) is 89.0 Å². The van der Waals surface area contributed by atoms with Gasteiger partial charge in [-0.25, -0.2) is 0 Å². The van der Waals surface area contributed by atoms with Crippen molar-refractivity contribution in [3.8, 4) is 17.2 Å². The van der Waals surface area contributed by atoms with Gasteiger partial charge in [-0.3, -0.25) is 0 Å². The van der Waals surface area contributed by atoms with Crippen molar-refractivity contribution in [2.45, 2.75) is 19.6 Å². The van der Waals surface area contributed by atoms with Crippen LogP contribution in [0.5, 0.6) is 17.2 Å². The van der Waals surface area contributed by atoms with Gasteiger partial charge in [-0.1, -0.05) is 59.7 Å². The molecule has 0 bridgehead atoms. The number of hydrogen-bond acceptors (Lipinski definition) is 4. The van der Waals surface area contributed by atoms with E-state index in [9.17, 15) is 5.11 Å². The van der Waals surface area contributed by atoms with Crippen LogP contribution in [0.2, 0.25) is 0 Å². The first kappa shape index (κ1) is 18.8. The van der Waals surface area contributed by atoms with Gasteiger partial charge >= 0.3 is 0 Å². The third-order valence-corrected chi connectivity index (χ3v) is 4.43. The van der Waals surface area contributed by atoms with Gasteiger partial charge in [-0.05, 0) is 36.2 Å². The molecule has 0 aliphatic rings. The number of hydrogen-bond donors (Lipinski definition) is 0. The molecule has 0 saturated carbocycles. The van der Waals surface area contributed by atoms with Gasteiger partial charge in [-0.2, -0.15) is 0 Å². The summed E-state index contributed by atoms with van der Waals surface area (Å²) in [7, 11) is 3.13. The fourth-order valence-corrected chi connectivity index (χ4v) is 2.80. The van der Waals surface area contributed by atoms with E-state index >= 15 is 0 Å². The Bertz CT molecular complexity index is 870. The summed E-state index contributed by atoms with van der Waals surface area (Å²) in [6.45, 7) is 2.55. The van der Waals surface area contributed by atoms with E-state index in [1.165, 1.54) is 5.56 Å². The molecule has 0 aliphatic heterocycles. The summed E-state index contributed by atoms with van der Waals surface area (Å²) in [6, 6.07) is 20.7. The van der Waals surface area contributed by atoms with Crippen LogP contribution in [0.25, 0.3) is 0 Å². The first-order chi connectivity index (χ1) is 13.1. The first-order valence-electron chi connectivity index (χ1n) is 8.76. The minimum absolute atomic E-state index is 0.493. The van der Waals surface area contributed by atoms with Gasteiger partial charge in [0.05, 0.1) is 14.2 Å². The topological polar surface area (TPSA) is 50.8 Å². The van der Waals surface area contributed by atoms with Gasteiger partial charge in [0.1, 0.15) is 23.9 Å². The zero-order valence-electron chi connectivity index (χ0n) is 15.8. The average Bonchev–Trinajstić information content (AvgIpc) is 2.72. The predicted octanol–water partition coefficient (Wildman–Crippen LogP) is 4.04. The quantitative estimate of drug-likeness (QED) is 0.636. The Labute approximate surface area is 160 Å². The second-order valence-corrected chi connectivity index (χ2v) is 6.33. The van der Waals surface area contributed by atoms with Crippen LogP contribution in [0.3, 0.4) is 0 Å². The van der Waals surface area contributed by atoms with Crippen LogP contribution < -0.4 is 19.3 Å². The maximum Gasteiger partial charge on any atom is 0.124 e. The Morgan fingerprint density at radius 1 is 0.815 bits per heavy atom. The normalized spacial score (nSPS) is 11.7. The molecule has 3 aromatic carbocycles. The Morgan fingerprint density at radius 2 is 1.48 bits per heavy atom. The van der Waals surface area contributed by atoms with E-state index in [0.717, 1.165) is 11.3 Å². The lowest BCUT2D eigenvalue weighted by atomic mass is 10.0. The fraction of sp³-hybridized carbons (Fsp3) is 0.217. The highest BCUT2D eigenvalue weighted by Gasteiger charge is 2.10. The maximum absolute atomic E-state index is 12.9. The van der Waals surface area contributed by atoms with Gasteiger partial charge in [0, 0.05) is 6.07 Å². The molecule has 27 heavy (non-hydrogen) atoms. The summed E-state index contributed by atoms with van der Waals surface area (Å²) >= 11 is 0. The van der Waals surface area contributed by atoms with E-state index in [0.29, 0.717) is 29.2 Å². The molecule has 0 aliphatic carbocycles. The molecule has 3 rings (SSSR count). The SMILES string of the molecule is COc1ccc(C([O-])c2ccc(OCc3ccc(C)cc3)cc2)c(OC)c1. The number of benzene rings is 3. The van der Waals surface area contributed by atoms with E-state index in [1.54, 1.807) is 44.6 Å². The molecule has 0 N–H and O–H groups in total. The van der Waals surface area contributed by atoms with Crippen molar-refractivity contribution in [3.63, 3.8) is 0 Å². The molecule has 1 unspecified atom stereocenters. The molecule has 0 heterocycles. The number of ether oxygens (including phenoxy) is 3. The van der Waals surface area contributed by atoms with Gasteiger partial charge < -0.3 is 19.3 Å². The number of methoxy groups -OCH3 is 2. The monoisotopic (exact) mass is 363 g/mol. The Kier molecular flexibility index (Phi) is 5.99. The molecule has 0 fully saturated rings. The fourth-order valence-electron chi connectivity index (χ4n) is 2.80. The van der Waals surface area contributed by atoms with E-state index in [1.807, 2.05) is 24.3 Å². The minimum Gasteiger partial charge on any atom is -0.845 e. The average molecular weight is 363 g/mol. The molecule has 140 valence electrons. The van der Waals surface area contributed by atoms with Crippen LogP contribution in [-0.4, -0.2) is 14.2 Å². The predicted molar refractivity (Wildman–Crippen MR) is 103 cm³/mol. The van der Waals surface area contributed by atoms with Gasteiger partial charge in [0.2, 0.25) is 0 Å². The van der Waals surface area contributed by atoms with Crippen LogP contribution in [0, 0.1) is 6.92 Å². The molecule has 4 heteroatoms. The highest BCUT2D eigenvalue weighted by molar-refractivity contribution is 5.45. The minimum atomic E-state index is -1.04. The summed E-state index contributed by atoms with van der Waals surface area (Å²) in [5.41, 5.74) is 3.56. The smallest absolute Gasteiger partial charge is 0.124 e. The van der Waals surface area contributed by atoms with Gasteiger partial charge in [0.25, 0.3) is 0 Å². The molecule has 3 aromatic rings. The zero-order chi connectivity index (χ0) is 19.2. The summed E-state index contributed by atoms with van der Waals surface area (Å²) in [5, 5.41) is 12.9. The van der Waals surface area contributed by atoms with Crippen molar-refractivity contribution in [1.29, 1.82) is 0 Å². The molecule has 1 atom stereocenters. The van der Waals surface area contributed by atoms with Crippen molar-refractivity contribution in [2.24, 2.45) is 0 Å². The standard InChI is InChI=1S/C23H23O4/c1-16-4-6-17(7-5-16)15-27-19-10-8-18(9-11-19)23(24)21-13-12-20(25-2)14-22(21)26-3/h4-14,23H,15H2,1-3H3/q-1. The number of aryl methyl sites for hydroxylation is 1. The lowest BCUT2D eigenvalue weighted by molar-refractivity contribution is -0.411. The zero-order valence-corrected chi connectivity index (χ0v) is 15.8. The Balaban J connectivity index is 1.70. The van der Waals surface area contributed by atoms with Crippen LogP contribution in [0.4, 0.5) is 0 Å². The summed E-state index contributed by atoms with van der Waals surface area (Å²) < 4.78 is 16.3. The first-order valence-corrected chi connectivity index (χ1v) is 8.76. The molecule has 0 spiro atoms. The summed E-state index contributed by atoms with van der Waals surface area (Å²) in [4.78, 5) is 0. The van der Waals surface area contributed by atoms with Crippen LogP contribution >= 0.6 is 0 Å². The third kappa shape index (κ3) is 4.60. The van der Waals surface area contributed by atoms with E-state index in [-0.39, 0.29) is 0 Å². The lowest BCUT2D eigenvalue weighted by Gasteiger charge is -2.26. The second-order valence-electron chi connectivity index (χ2n) is 6.33. The molecule has 0 radical (unpaired) electrons. The van der Waals surface area contributed by atoms with Crippen molar-refractivity contribution >= 4 is 0 Å². The molecule has 4 nitrogen and oxygen atoms in total. The Morgan fingerprint density at radius 3 is 2.11 bits per heavy atom. The molecule has 0 amide bonds. The molecule has 0 saturated heterocycles. The van der Waals surface area contributed by atoms with Crippen molar-refractivity contribution in [1.82, 2.24) is 0 Å². The van der Waals surface area contributed by atoms with Crippen molar-refractivity contribution in [2.75, 3.05) is 14.2 Å². The molecule has 0 aromatic heterocycles. The molecular weight excluding hydrogens is 340 g/mol. The Hall–Kier alpha value is -2.98. The molecular formula is C23H23O4-. The number of rotatable bonds is 7. The van der Waals surface area contributed by atoms with Gasteiger partial charge in [-0.15, -0.1) is 0 Å². The van der Waals surface area contributed by atoms with Crippen LogP contribution in [-0.2, 0) is 6.61 Å². The van der Waals surface area contributed by atoms with E-state index < -0.39 is 6.10 Å². The third-order valence-electron chi connectivity index (χ3n) is 4.43. The lowest BCUT2D eigenvalue weighted by Crippen LogP contribution is -2.17. The van der Waals surface area contributed by atoms with Crippen LogP contribution in [0.1, 0.15) is 28.4 Å². The van der Waals surface area contributed by atoms with E-state index in [2.05, 4.69) is 19.1 Å².